The van der Waals surface area contributed by atoms with Crippen LogP contribution in [0.1, 0.15) is 38.8 Å². The zero-order valence-electron chi connectivity index (χ0n) is 19.1. The molecule has 0 spiro atoms. The largest absolute Gasteiger partial charge is 0.497 e. The number of carbonyl (C=O) groups excluding carboxylic acids is 2. The molecule has 1 aromatic heterocycles. The van der Waals surface area contributed by atoms with Crippen LogP contribution in [0.15, 0.2) is 72.8 Å². The number of aryl methyl sites for hydroxylation is 2. The molecule has 3 aromatic carbocycles. The lowest BCUT2D eigenvalue weighted by Crippen LogP contribution is -2.24. The van der Waals surface area contributed by atoms with Gasteiger partial charge in [-0.25, -0.2) is 9.78 Å². The lowest BCUT2D eigenvalue weighted by molar-refractivity contribution is 0.0320. The van der Waals surface area contributed by atoms with Gasteiger partial charge in [0.1, 0.15) is 5.75 Å². The number of esters is 1. The van der Waals surface area contributed by atoms with Crippen LogP contribution in [0.25, 0.3) is 22.2 Å². The Labute approximate surface area is 193 Å². The topological polar surface area (TPSA) is 65.5 Å². The van der Waals surface area contributed by atoms with Gasteiger partial charge in [-0.3, -0.25) is 4.79 Å². The minimum absolute atomic E-state index is 0.242. The van der Waals surface area contributed by atoms with Crippen molar-refractivity contribution in [1.29, 1.82) is 0 Å². The number of ketones is 1. The summed E-state index contributed by atoms with van der Waals surface area (Å²) in [5, 5.41) is 0.687. The van der Waals surface area contributed by atoms with Crippen molar-refractivity contribution in [2.45, 2.75) is 26.9 Å². The molecule has 0 aliphatic heterocycles. The number of Topliss-reactive ketones (excluding diaryl/α,β-unsaturated/α-hetero) is 1. The van der Waals surface area contributed by atoms with Gasteiger partial charge in [-0.05, 0) is 56.7 Å². The van der Waals surface area contributed by atoms with Gasteiger partial charge in [0.25, 0.3) is 0 Å². The summed E-state index contributed by atoms with van der Waals surface area (Å²) in [5.41, 5.74) is 5.09. The number of pyridine rings is 1. The van der Waals surface area contributed by atoms with E-state index in [0.29, 0.717) is 22.2 Å². The Morgan fingerprint density at radius 2 is 1.61 bits per heavy atom. The maximum absolute atomic E-state index is 13.2. The van der Waals surface area contributed by atoms with E-state index in [0.717, 1.165) is 28.0 Å². The molecular weight excluding hydrogens is 414 g/mol. The number of methoxy groups -OCH3 is 1. The van der Waals surface area contributed by atoms with Crippen molar-refractivity contribution in [1.82, 2.24) is 4.98 Å². The van der Waals surface area contributed by atoms with E-state index >= 15 is 0 Å². The lowest BCUT2D eigenvalue weighted by atomic mass is 10.0. The molecule has 4 rings (SSSR count). The average molecular weight is 440 g/mol. The molecule has 4 aromatic rings. The third-order valence-corrected chi connectivity index (χ3v) is 5.64. The zero-order valence-corrected chi connectivity index (χ0v) is 19.1. The van der Waals surface area contributed by atoms with E-state index in [2.05, 4.69) is 0 Å². The van der Waals surface area contributed by atoms with Crippen molar-refractivity contribution in [3.05, 3.63) is 95.1 Å². The fourth-order valence-corrected chi connectivity index (χ4v) is 3.70. The molecule has 0 fully saturated rings. The Bertz CT molecular complexity index is 1320. The fraction of sp³-hybridized carbons (Fsp3) is 0.179. The molecule has 166 valence electrons. The minimum Gasteiger partial charge on any atom is -0.497 e. The number of rotatable bonds is 6. The van der Waals surface area contributed by atoms with Crippen LogP contribution >= 0.6 is 0 Å². The highest BCUT2D eigenvalue weighted by Crippen LogP contribution is 2.28. The maximum Gasteiger partial charge on any atom is 0.339 e. The van der Waals surface area contributed by atoms with E-state index in [-0.39, 0.29) is 5.78 Å². The summed E-state index contributed by atoms with van der Waals surface area (Å²) in [6.07, 6.45) is -0.919. The second-order valence-electron chi connectivity index (χ2n) is 8.03. The second kappa shape index (κ2) is 9.25. The number of hydrogen-bond donors (Lipinski definition) is 0. The van der Waals surface area contributed by atoms with Gasteiger partial charge in [0.05, 0.1) is 23.9 Å². The first-order valence-electron chi connectivity index (χ1n) is 10.7. The molecule has 0 amide bonds. The van der Waals surface area contributed by atoms with Crippen LogP contribution in [-0.4, -0.2) is 30.0 Å². The molecule has 0 unspecified atom stereocenters. The van der Waals surface area contributed by atoms with Gasteiger partial charge in [0.2, 0.25) is 5.78 Å². The Kier molecular flexibility index (Phi) is 6.22. The van der Waals surface area contributed by atoms with Crippen molar-refractivity contribution < 1.29 is 19.1 Å². The molecule has 0 aliphatic rings. The molecule has 1 heterocycles. The van der Waals surface area contributed by atoms with Crippen LogP contribution in [0.2, 0.25) is 0 Å². The standard InChI is InChI=1S/C28H25NO4/c1-17-8-10-21(11-9-17)27(30)19(3)33-28(31)24-16-25(20-12-14-22(32-4)15-13-20)29-26-18(2)6-5-7-23(24)26/h5-16,19H,1-4H3/t19-/m1/s1. The minimum atomic E-state index is -0.919. The van der Waals surface area contributed by atoms with Gasteiger partial charge >= 0.3 is 5.97 Å². The van der Waals surface area contributed by atoms with Crippen LogP contribution in [-0.2, 0) is 4.74 Å². The van der Waals surface area contributed by atoms with E-state index < -0.39 is 12.1 Å². The molecule has 0 aliphatic carbocycles. The smallest absolute Gasteiger partial charge is 0.339 e. The van der Waals surface area contributed by atoms with E-state index in [9.17, 15) is 9.59 Å². The molecule has 5 heteroatoms. The number of carbonyl (C=O) groups is 2. The van der Waals surface area contributed by atoms with Crippen molar-refractivity contribution >= 4 is 22.7 Å². The molecule has 0 saturated heterocycles. The zero-order chi connectivity index (χ0) is 23.5. The second-order valence-corrected chi connectivity index (χ2v) is 8.03. The van der Waals surface area contributed by atoms with E-state index in [1.807, 2.05) is 68.4 Å². The molecule has 0 saturated carbocycles. The monoisotopic (exact) mass is 439 g/mol. The summed E-state index contributed by atoms with van der Waals surface area (Å²) in [6, 6.07) is 22.1. The molecule has 0 N–H and O–H groups in total. The van der Waals surface area contributed by atoms with Gasteiger partial charge in [0.15, 0.2) is 6.10 Å². The number of para-hydroxylation sites is 1. The highest BCUT2D eigenvalue weighted by Gasteiger charge is 2.23. The van der Waals surface area contributed by atoms with Gasteiger partial charge in [-0.15, -0.1) is 0 Å². The molecule has 0 radical (unpaired) electrons. The maximum atomic E-state index is 13.2. The summed E-state index contributed by atoms with van der Waals surface area (Å²) in [4.78, 5) is 30.8. The van der Waals surface area contributed by atoms with Gasteiger partial charge in [-0.2, -0.15) is 0 Å². The normalized spacial score (nSPS) is 11.8. The summed E-state index contributed by atoms with van der Waals surface area (Å²) >= 11 is 0. The third-order valence-electron chi connectivity index (χ3n) is 5.64. The molecule has 5 nitrogen and oxygen atoms in total. The number of ether oxygens (including phenoxy) is 2. The predicted molar refractivity (Wildman–Crippen MR) is 129 cm³/mol. The molecule has 33 heavy (non-hydrogen) atoms. The third kappa shape index (κ3) is 4.62. The first-order chi connectivity index (χ1) is 15.9. The van der Waals surface area contributed by atoms with Crippen LogP contribution in [0.4, 0.5) is 0 Å². The number of benzene rings is 3. The molecular formula is C28H25NO4. The summed E-state index contributed by atoms with van der Waals surface area (Å²) in [6.45, 7) is 5.50. The SMILES string of the molecule is COc1ccc(-c2cc(C(=O)O[C@H](C)C(=O)c3ccc(C)cc3)c3cccc(C)c3n2)cc1. The van der Waals surface area contributed by atoms with Crippen molar-refractivity contribution in [2.75, 3.05) is 7.11 Å². The van der Waals surface area contributed by atoms with Crippen LogP contribution in [0, 0.1) is 13.8 Å². The number of aromatic nitrogens is 1. The Balaban J connectivity index is 1.70. The lowest BCUT2D eigenvalue weighted by Gasteiger charge is -2.15. The molecule has 1 atom stereocenters. The van der Waals surface area contributed by atoms with E-state index in [1.165, 1.54) is 0 Å². The first-order valence-corrected chi connectivity index (χ1v) is 10.7. The summed E-state index contributed by atoms with van der Waals surface area (Å²) in [5.74, 6) is -0.0669. The Hall–Kier alpha value is -3.99. The molecule has 0 bridgehead atoms. The van der Waals surface area contributed by atoms with Crippen molar-refractivity contribution in [3.63, 3.8) is 0 Å². The van der Waals surface area contributed by atoms with Gasteiger partial charge < -0.3 is 9.47 Å². The van der Waals surface area contributed by atoms with E-state index in [1.54, 1.807) is 32.2 Å². The van der Waals surface area contributed by atoms with E-state index in [4.69, 9.17) is 14.5 Å². The highest BCUT2D eigenvalue weighted by molar-refractivity contribution is 6.07. The van der Waals surface area contributed by atoms with Gasteiger partial charge in [0, 0.05) is 16.5 Å². The number of nitrogens with zero attached hydrogens (tertiary/aromatic N) is 1. The average Bonchev–Trinajstić information content (AvgIpc) is 2.83. The number of fused-ring (bicyclic) bond motifs is 1. The quantitative estimate of drug-likeness (QED) is 0.274. The van der Waals surface area contributed by atoms with Crippen molar-refractivity contribution in [2.24, 2.45) is 0 Å². The Morgan fingerprint density at radius 3 is 2.27 bits per heavy atom. The summed E-state index contributed by atoms with van der Waals surface area (Å²) in [7, 11) is 1.61. The predicted octanol–water partition coefficient (Wildman–Crippen LogP) is 5.96. The first kappa shape index (κ1) is 22.2. The highest BCUT2D eigenvalue weighted by atomic mass is 16.5. The van der Waals surface area contributed by atoms with Crippen LogP contribution in [0.5, 0.6) is 5.75 Å². The fourth-order valence-electron chi connectivity index (χ4n) is 3.70. The Morgan fingerprint density at radius 1 is 0.909 bits per heavy atom. The summed E-state index contributed by atoms with van der Waals surface area (Å²) < 4.78 is 10.9. The van der Waals surface area contributed by atoms with Crippen LogP contribution in [0.3, 0.4) is 0 Å². The van der Waals surface area contributed by atoms with Gasteiger partial charge in [-0.1, -0.05) is 48.0 Å². The van der Waals surface area contributed by atoms with Crippen LogP contribution < -0.4 is 4.74 Å². The number of hydrogen-bond acceptors (Lipinski definition) is 5. The van der Waals surface area contributed by atoms with Crippen molar-refractivity contribution in [3.8, 4) is 17.0 Å².